The highest BCUT2D eigenvalue weighted by Gasteiger charge is 2.25. The van der Waals surface area contributed by atoms with E-state index in [0.717, 1.165) is 46.5 Å². The molecular formula is C37H26N4. The fourth-order valence-electron chi connectivity index (χ4n) is 6.73. The molecule has 0 amide bonds. The van der Waals surface area contributed by atoms with Gasteiger partial charge >= 0.3 is 0 Å². The van der Waals surface area contributed by atoms with Gasteiger partial charge in [0.2, 0.25) is 5.95 Å². The van der Waals surface area contributed by atoms with Crippen LogP contribution in [0.2, 0.25) is 0 Å². The summed E-state index contributed by atoms with van der Waals surface area (Å²) in [6, 6.07) is 36.7. The van der Waals surface area contributed by atoms with Gasteiger partial charge in [0.05, 0.1) is 27.8 Å². The maximum Gasteiger partial charge on any atom is 0.220 e. The summed E-state index contributed by atoms with van der Waals surface area (Å²) in [5.74, 6) is 0.894. The van der Waals surface area contributed by atoms with Crippen LogP contribution in [-0.4, -0.2) is 14.1 Å². The fourth-order valence-corrected chi connectivity index (χ4v) is 6.73. The van der Waals surface area contributed by atoms with Crippen LogP contribution in [0.15, 0.2) is 133 Å². The Bertz CT molecular complexity index is 2260. The second-order valence-corrected chi connectivity index (χ2v) is 10.8. The van der Waals surface area contributed by atoms with Gasteiger partial charge in [-0.1, -0.05) is 72.8 Å². The molecule has 2 aromatic heterocycles. The Morgan fingerprint density at radius 1 is 0.634 bits per heavy atom. The monoisotopic (exact) mass is 526 g/mol. The maximum atomic E-state index is 5.26. The minimum Gasteiger partial charge on any atom is -0.317 e. The normalized spacial score (nSPS) is 14.5. The first-order valence-corrected chi connectivity index (χ1v) is 14.2. The van der Waals surface area contributed by atoms with E-state index in [9.17, 15) is 0 Å². The smallest absolute Gasteiger partial charge is 0.220 e. The van der Waals surface area contributed by atoms with E-state index in [4.69, 9.17) is 4.98 Å². The Balaban J connectivity index is 1.41. The number of benzene rings is 5. The molecule has 3 heterocycles. The van der Waals surface area contributed by atoms with Gasteiger partial charge in [0.25, 0.3) is 0 Å². The van der Waals surface area contributed by atoms with Crippen molar-refractivity contribution in [2.24, 2.45) is 0 Å². The molecule has 4 heteroatoms. The van der Waals surface area contributed by atoms with Crippen LogP contribution in [-0.2, 0) is 0 Å². The Kier molecular flexibility index (Phi) is 4.70. The van der Waals surface area contributed by atoms with Gasteiger partial charge in [-0.05, 0) is 78.4 Å². The lowest BCUT2D eigenvalue weighted by Crippen LogP contribution is -2.17. The van der Waals surface area contributed by atoms with Gasteiger partial charge < -0.3 is 4.90 Å². The number of hydrogen-bond donors (Lipinski definition) is 0. The van der Waals surface area contributed by atoms with E-state index in [-0.39, 0.29) is 0 Å². The minimum absolute atomic E-state index is 0.894. The van der Waals surface area contributed by atoms with E-state index in [1.165, 1.54) is 38.5 Å². The van der Waals surface area contributed by atoms with Gasteiger partial charge in [0, 0.05) is 33.7 Å². The highest BCUT2D eigenvalue weighted by atomic mass is 15.2. The predicted molar refractivity (Wildman–Crippen MR) is 171 cm³/mol. The molecule has 1 aliphatic carbocycles. The molecule has 0 atom stereocenters. The second kappa shape index (κ2) is 8.57. The van der Waals surface area contributed by atoms with Gasteiger partial charge in [-0.15, -0.1) is 0 Å². The van der Waals surface area contributed by atoms with Crippen LogP contribution in [0, 0.1) is 0 Å². The van der Waals surface area contributed by atoms with Crippen LogP contribution < -0.4 is 4.90 Å². The standard InChI is InChI=1S/C37H26N4/c1-3-13-26(14-4-1)39-23-22-29-35-25(12-11-21-33(35)39)24-34-36(29)28-17-7-9-19-31(28)41(34)37-38-30-18-8-10-20-32(30)40(37)27-15-5-2-6-16-27/h2-3,5-24H,1,4H2. The van der Waals surface area contributed by atoms with Gasteiger partial charge in [-0.2, -0.15) is 0 Å². The molecule has 4 nitrogen and oxygen atoms in total. The highest BCUT2D eigenvalue weighted by Crippen LogP contribution is 2.45. The molecule has 0 fully saturated rings. The number of allylic oxidation sites excluding steroid dienone is 3. The summed E-state index contributed by atoms with van der Waals surface area (Å²) in [7, 11) is 0. The van der Waals surface area contributed by atoms with Crippen LogP contribution in [0.25, 0.3) is 61.3 Å². The Hall–Kier alpha value is -5.35. The lowest BCUT2D eigenvalue weighted by molar-refractivity contribution is 0.956. The van der Waals surface area contributed by atoms with Crippen molar-refractivity contribution in [1.29, 1.82) is 0 Å². The van der Waals surface area contributed by atoms with E-state index in [0.29, 0.717) is 0 Å². The summed E-state index contributed by atoms with van der Waals surface area (Å²) in [4.78, 5) is 7.59. The molecule has 0 saturated carbocycles. The third-order valence-corrected chi connectivity index (χ3v) is 8.48. The summed E-state index contributed by atoms with van der Waals surface area (Å²) >= 11 is 0. The SMILES string of the molecule is C1=CC(N2C=Cc3c4c2cccc4cc2c3c3ccccc3n2-c2nc3ccccc3n2-c2ccccc2)=CCC1. The van der Waals surface area contributed by atoms with Crippen molar-refractivity contribution in [3.05, 3.63) is 139 Å². The van der Waals surface area contributed by atoms with E-state index < -0.39 is 0 Å². The van der Waals surface area contributed by atoms with E-state index >= 15 is 0 Å². The van der Waals surface area contributed by atoms with Gasteiger partial charge in [-0.3, -0.25) is 9.13 Å². The van der Waals surface area contributed by atoms with Crippen LogP contribution in [0.4, 0.5) is 5.69 Å². The van der Waals surface area contributed by atoms with Crippen molar-refractivity contribution in [2.75, 3.05) is 4.90 Å². The van der Waals surface area contributed by atoms with Crippen molar-refractivity contribution in [1.82, 2.24) is 14.1 Å². The Morgan fingerprint density at radius 2 is 1.46 bits per heavy atom. The number of fused-ring (bicyclic) bond motifs is 5. The van der Waals surface area contributed by atoms with Crippen molar-refractivity contribution >= 4 is 55.4 Å². The van der Waals surface area contributed by atoms with E-state index in [1.54, 1.807) is 0 Å². The number of para-hydroxylation sites is 4. The third kappa shape index (κ3) is 3.19. The predicted octanol–water partition coefficient (Wildman–Crippen LogP) is 9.30. The van der Waals surface area contributed by atoms with Crippen LogP contribution >= 0.6 is 0 Å². The average molecular weight is 527 g/mol. The molecule has 0 radical (unpaired) electrons. The quantitative estimate of drug-likeness (QED) is 0.229. The summed E-state index contributed by atoms with van der Waals surface area (Å²) in [5.41, 5.74) is 9.21. The van der Waals surface area contributed by atoms with Crippen molar-refractivity contribution in [3.63, 3.8) is 0 Å². The molecule has 194 valence electrons. The average Bonchev–Trinajstić information content (AvgIpc) is 3.57. The van der Waals surface area contributed by atoms with Gasteiger partial charge in [-0.25, -0.2) is 4.98 Å². The highest BCUT2D eigenvalue weighted by molar-refractivity contribution is 6.21. The first-order valence-electron chi connectivity index (χ1n) is 14.2. The molecule has 2 aliphatic rings. The first-order chi connectivity index (χ1) is 20.4. The Morgan fingerprint density at radius 3 is 2.34 bits per heavy atom. The van der Waals surface area contributed by atoms with Crippen LogP contribution in [0.1, 0.15) is 18.4 Å². The largest absolute Gasteiger partial charge is 0.317 e. The third-order valence-electron chi connectivity index (χ3n) is 8.48. The zero-order valence-electron chi connectivity index (χ0n) is 22.4. The number of aromatic nitrogens is 3. The number of imidazole rings is 1. The minimum atomic E-state index is 0.894. The van der Waals surface area contributed by atoms with Crippen molar-refractivity contribution in [2.45, 2.75) is 12.8 Å². The van der Waals surface area contributed by atoms with E-state index in [2.05, 4.69) is 148 Å². The summed E-state index contributed by atoms with van der Waals surface area (Å²) < 4.78 is 4.64. The fraction of sp³-hybridized carbons (Fsp3) is 0.0541. The molecule has 41 heavy (non-hydrogen) atoms. The van der Waals surface area contributed by atoms with Crippen LogP contribution in [0.3, 0.4) is 0 Å². The number of anilines is 1. The molecule has 9 rings (SSSR count). The summed E-state index contributed by atoms with van der Waals surface area (Å²) in [6.45, 7) is 0. The topological polar surface area (TPSA) is 26.0 Å². The second-order valence-electron chi connectivity index (χ2n) is 10.8. The lowest BCUT2D eigenvalue weighted by atomic mass is 9.94. The molecule has 0 N–H and O–H groups in total. The van der Waals surface area contributed by atoms with Crippen molar-refractivity contribution < 1.29 is 0 Å². The van der Waals surface area contributed by atoms with Gasteiger partial charge in [0.1, 0.15) is 0 Å². The molecule has 7 aromatic rings. The zero-order chi connectivity index (χ0) is 26.9. The number of nitrogens with zero attached hydrogens (tertiary/aromatic N) is 4. The lowest BCUT2D eigenvalue weighted by Gasteiger charge is -2.29. The zero-order valence-corrected chi connectivity index (χ0v) is 22.4. The molecular weight excluding hydrogens is 500 g/mol. The van der Waals surface area contributed by atoms with Gasteiger partial charge in [0.15, 0.2) is 0 Å². The maximum absolute atomic E-state index is 5.26. The Labute approximate surface area is 237 Å². The number of rotatable bonds is 3. The van der Waals surface area contributed by atoms with Crippen LogP contribution in [0.5, 0.6) is 0 Å². The molecule has 0 bridgehead atoms. The summed E-state index contributed by atoms with van der Waals surface area (Å²) in [6.07, 6.45) is 13.6. The molecule has 5 aromatic carbocycles. The molecule has 1 aliphatic heterocycles. The summed E-state index contributed by atoms with van der Waals surface area (Å²) in [5, 5.41) is 5.01. The molecule has 0 saturated heterocycles. The van der Waals surface area contributed by atoms with Crippen molar-refractivity contribution in [3.8, 4) is 11.6 Å². The molecule has 0 unspecified atom stereocenters. The number of hydrogen-bond acceptors (Lipinski definition) is 2. The van der Waals surface area contributed by atoms with E-state index in [1.807, 2.05) is 0 Å². The first kappa shape index (κ1) is 22.5. The molecule has 0 spiro atoms.